The molecular weight excluding hydrogens is 393 g/mol. The van der Waals surface area contributed by atoms with Gasteiger partial charge in [-0.25, -0.2) is 4.79 Å². The second-order valence-corrected chi connectivity index (χ2v) is 6.18. The lowest BCUT2D eigenvalue weighted by molar-refractivity contribution is -0.159. The van der Waals surface area contributed by atoms with Crippen molar-refractivity contribution < 1.29 is 32.0 Å². The van der Waals surface area contributed by atoms with Gasteiger partial charge >= 0.3 is 18.0 Å². The average molecular weight is 406 g/mol. The average Bonchev–Trinajstić information content (AvgIpc) is 3.25. The van der Waals surface area contributed by atoms with Crippen molar-refractivity contribution >= 4 is 11.9 Å². The zero-order chi connectivity index (χ0) is 21.6. The van der Waals surface area contributed by atoms with Crippen LogP contribution in [0.4, 0.5) is 13.2 Å². The van der Waals surface area contributed by atoms with Crippen molar-refractivity contribution in [3.8, 4) is 17.5 Å². The number of hydrogen-bond donors (Lipinski definition) is 0. The van der Waals surface area contributed by atoms with Gasteiger partial charge in [0.1, 0.15) is 11.6 Å². The number of likely N-dealkylation sites (N-methyl/N-ethyl adjacent to an activating group) is 1. The fourth-order valence-corrected chi connectivity index (χ4v) is 3.33. The molecule has 1 amide bonds. The van der Waals surface area contributed by atoms with Gasteiger partial charge in [-0.3, -0.25) is 4.79 Å². The van der Waals surface area contributed by atoms with Gasteiger partial charge in [-0.1, -0.05) is 29.4 Å². The number of rotatable bonds is 3. The smallest absolute Gasteiger partial charge is 0.467 e. The van der Waals surface area contributed by atoms with E-state index in [1.165, 1.54) is 38.2 Å². The maximum atomic E-state index is 12.7. The van der Waals surface area contributed by atoms with Gasteiger partial charge in [-0.2, -0.15) is 23.4 Å². The van der Waals surface area contributed by atoms with E-state index in [1.54, 1.807) is 6.07 Å². The van der Waals surface area contributed by atoms with E-state index in [9.17, 15) is 28.0 Å². The number of nitriles is 1. The molecule has 3 rings (SSSR count). The normalized spacial score (nSPS) is 19.5. The number of carbonyl (C=O) groups excluding carboxylic acids is 2. The Labute approximate surface area is 162 Å². The summed E-state index contributed by atoms with van der Waals surface area (Å²) in [5, 5.41) is 12.6. The van der Waals surface area contributed by atoms with Crippen LogP contribution in [0.25, 0.3) is 11.4 Å². The predicted molar refractivity (Wildman–Crippen MR) is 89.5 cm³/mol. The Morgan fingerprint density at radius 1 is 1.31 bits per heavy atom. The molecule has 0 saturated heterocycles. The molecule has 1 aliphatic heterocycles. The highest BCUT2D eigenvalue weighted by Gasteiger charge is 2.55. The van der Waals surface area contributed by atoms with Gasteiger partial charge in [0, 0.05) is 12.6 Å². The zero-order valence-corrected chi connectivity index (χ0v) is 15.4. The standard InChI is InChI=1S/C18H13F3N4O4/c1-9-12(8-22)14(26)25(2)17(9,16(27)28-3)11-6-4-10(5-7-11)13-23-15(29-24-13)18(19,20)21/h4-7H,1-3H3. The summed E-state index contributed by atoms with van der Waals surface area (Å²) in [6, 6.07) is 7.39. The van der Waals surface area contributed by atoms with Crippen LogP contribution in [0.3, 0.4) is 0 Å². The van der Waals surface area contributed by atoms with Crippen LogP contribution in [0, 0.1) is 11.3 Å². The molecular formula is C18H13F3N4O4. The van der Waals surface area contributed by atoms with Gasteiger partial charge in [0.05, 0.1) is 7.11 Å². The second-order valence-electron chi connectivity index (χ2n) is 6.18. The minimum absolute atomic E-state index is 0.185. The van der Waals surface area contributed by atoms with Crippen LogP contribution in [-0.2, 0) is 26.0 Å². The van der Waals surface area contributed by atoms with Crippen molar-refractivity contribution in [2.45, 2.75) is 18.6 Å². The molecule has 11 heteroatoms. The van der Waals surface area contributed by atoms with Gasteiger partial charge in [-0.15, -0.1) is 0 Å². The number of amides is 1. The number of esters is 1. The van der Waals surface area contributed by atoms with Crippen LogP contribution < -0.4 is 0 Å². The summed E-state index contributed by atoms with van der Waals surface area (Å²) in [6.45, 7) is 1.47. The topological polar surface area (TPSA) is 109 Å². The minimum atomic E-state index is -4.78. The van der Waals surface area contributed by atoms with E-state index in [4.69, 9.17) is 4.74 Å². The first kappa shape index (κ1) is 20.1. The van der Waals surface area contributed by atoms with Gasteiger partial charge in [0.25, 0.3) is 5.91 Å². The number of methoxy groups -OCH3 is 1. The Morgan fingerprint density at radius 2 is 1.93 bits per heavy atom. The molecule has 0 bridgehead atoms. The third-order valence-corrected chi connectivity index (χ3v) is 4.76. The molecule has 0 spiro atoms. The first-order chi connectivity index (χ1) is 13.6. The summed E-state index contributed by atoms with van der Waals surface area (Å²) >= 11 is 0. The molecule has 8 nitrogen and oxygen atoms in total. The Bertz CT molecular complexity index is 1070. The molecule has 1 atom stereocenters. The maximum Gasteiger partial charge on any atom is 0.471 e. The minimum Gasteiger partial charge on any atom is -0.467 e. The van der Waals surface area contributed by atoms with E-state index >= 15 is 0 Å². The van der Waals surface area contributed by atoms with Gasteiger partial charge in [0.15, 0.2) is 5.54 Å². The molecule has 0 fully saturated rings. The molecule has 2 heterocycles. The number of alkyl halides is 3. The molecule has 1 unspecified atom stereocenters. The van der Waals surface area contributed by atoms with Crippen molar-refractivity contribution in [1.82, 2.24) is 15.0 Å². The molecule has 2 aromatic rings. The van der Waals surface area contributed by atoms with E-state index in [0.29, 0.717) is 0 Å². The summed E-state index contributed by atoms with van der Waals surface area (Å²) in [7, 11) is 2.50. The van der Waals surface area contributed by atoms with E-state index < -0.39 is 29.5 Å². The summed E-state index contributed by atoms with van der Waals surface area (Å²) in [4.78, 5) is 29.5. The molecule has 0 radical (unpaired) electrons. The van der Waals surface area contributed by atoms with Gasteiger partial charge in [0.2, 0.25) is 5.82 Å². The first-order valence-corrected chi connectivity index (χ1v) is 8.08. The Kier molecular flexibility index (Phi) is 4.66. The monoisotopic (exact) mass is 406 g/mol. The van der Waals surface area contributed by atoms with Crippen LogP contribution in [-0.4, -0.2) is 41.1 Å². The Balaban J connectivity index is 2.10. The summed E-state index contributed by atoms with van der Waals surface area (Å²) in [5.41, 5.74) is -1.20. The number of nitrogens with zero attached hydrogens (tertiary/aromatic N) is 4. The lowest BCUT2D eigenvalue weighted by Crippen LogP contribution is -2.50. The third-order valence-electron chi connectivity index (χ3n) is 4.76. The molecule has 1 aliphatic rings. The number of halogens is 3. The highest BCUT2D eigenvalue weighted by atomic mass is 19.4. The van der Waals surface area contributed by atoms with E-state index in [-0.39, 0.29) is 28.1 Å². The molecule has 150 valence electrons. The highest BCUT2D eigenvalue weighted by molar-refractivity contribution is 6.08. The summed E-state index contributed by atoms with van der Waals surface area (Å²) in [6.07, 6.45) is -4.78. The molecule has 29 heavy (non-hydrogen) atoms. The van der Waals surface area contributed by atoms with Crippen LogP contribution in [0.1, 0.15) is 18.4 Å². The zero-order valence-electron chi connectivity index (χ0n) is 15.4. The molecule has 1 aromatic carbocycles. The first-order valence-electron chi connectivity index (χ1n) is 8.08. The van der Waals surface area contributed by atoms with Crippen LogP contribution in [0.5, 0.6) is 0 Å². The highest BCUT2D eigenvalue weighted by Crippen LogP contribution is 2.44. The Hall–Kier alpha value is -3.68. The molecule has 1 aromatic heterocycles. The number of benzene rings is 1. The van der Waals surface area contributed by atoms with Crippen molar-refractivity contribution in [3.63, 3.8) is 0 Å². The van der Waals surface area contributed by atoms with Crippen molar-refractivity contribution in [2.75, 3.05) is 14.2 Å². The fourth-order valence-electron chi connectivity index (χ4n) is 3.33. The molecule has 0 N–H and O–H groups in total. The fraction of sp³-hybridized carbons (Fsp3) is 0.278. The third kappa shape index (κ3) is 2.84. The second kappa shape index (κ2) is 6.73. The van der Waals surface area contributed by atoms with E-state index in [0.717, 1.165) is 12.0 Å². The number of aromatic nitrogens is 2. The van der Waals surface area contributed by atoms with Gasteiger partial charge < -0.3 is 14.2 Å². The number of hydrogen-bond acceptors (Lipinski definition) is 7. The van der Waals surface area contributed by atoms with Crippen LogP contribution in [0.2, 0.25) is 0 Å². The summed E-state index contributed by atoms with van der Waals surface area (Å²) in [5.74, 6) is -3.21. The van der Waals surface area contributed by atoms with Crippen LogP contribution >= 0.6 is 0 Å². The van der Waals surface area contributed by atoms with Crippen molar-refractivity contribution in [1.29, 1.82) is 5.26 Å². The molecule has 0 saturated carbocycles. The van der Waals surface area contributed by atoms with E-state index in [2.05, 4.69) is 14.7 Å². The van der Waals surface area contributed by atoms with Crippen molar-refractivity contribution in [2.24, 2.45) is 0 Å². The van der Waals surface area contributed by atoms with Gasteiger partial charge in [-0.05, 0) is 18.1 Å². The lowest BCUT2D eigenvalue weighted by atomic mass is 9.82. The molecule has 0 aliphatic carbocycles. The SMILES string of the molecule is COC(=O)C1(c2ccc(-c3noc(C(F)(F)F)n3)cc2)C(C)=C(C#N)C(=O)N1C. The van der Waals surface area contributed by atoms with Crippen LogP contribution in [0.15, 0.2) is 39.9 Å². The van der Waals surface area contributed by atoms with Crippen molar-refractivity contribution in [3.05, 3.63) is 46.9 Å². The quantitative estimate of drug-likeness (QED) is 0.720. The summed E-state index contributed by atoms with van der Waals surface area (Å²) < 4.78 is 47.0. The lowest BCUT2D eigenvalue weighted by Gasteiger charge is -2.35. The Morgan fingerprint density at radius 3 is 2.38 bits per heavy atom. The van der Waals surface area contributed by atoms with E-state index in [1.807, 2.05) is 0 Å². The number of ether oxygens (including phenoxy) is 1. The maximum absolute atomic E-state index is 12.7. The number of carbonyl (C=O) groups is 2. The predicted octanol–water partition coefficient (Wildman–Crippen LogP) is 2.44. The largest absolute Gasteiger partial charge is 0.471 e.